The molecule has 3 rings (SSSR count). The maximum absolute atomic E-state index is 11.4. The molecule has 25 heavy (non-hydrogen) atoms. The Hall–Kier alpha value is -2.97. The zero-order chi connectivity index (χ0) is 17.9. The van der Waals surface area contributed by atoms with E-state index in [0.717, 1.165) is 5.56 Å². The van der Waals surface area contributed by atoms with Crippen molar-refractivity contribution in [3.8, 4) is 23.1 Å². The van der Waals surface area contributed by atoms with Crippen LogP contribution in [-0.2, 0) is 10.0 Å². The molecule has 0 amide bonds. The van der Waals surface area contributed by atoms with E-state index in [4.69, 9.17) is 9.88 Å². The van der Waals surface area contributed by atoms with Crippen molar-refractivity contribution in [1.82, 2.24) is 14.8 Å². The van der Waals surface area contributed by atoms with Crippen LogP contribution in [0.5, 0.6) is 6.01 Å². The van der Waals surface area contributed by atoms with Crippen molar-refractivity contribution in [2.45, 2.75) is 4.90 Å². The van der Waals surface area contributed by atoms with E-state index in [1.165, 1.54) is 12.1 Å². The number of nitrogens with zero attached hydrogens (tertiary/aromatic N) is 3. The smallest absolute Gasteiger partial charge is 0.336 e. The van der Waals surface area contributed by atoms with Gasteiger partial charge in [0.05, 0.1) is 10.6 Å². The van der Waals surface area contributed by atoms with E-state index in [0.29, 0.717) is 11.5 Å². The van der Waals surface area contributed by atoms with Crippen molar-refractivity contribution in [3.63, 3.8) is 0 Å². The molecule has 0 bridgehead atoms. The molecule has 0 aliphatic carbocycles. The van der Waals surface area contributed by atoms with E-state index in [2.05, 4.69) is 16.7 Å². The second-order valence-electron chi connectivity index (χ2n) is 5.13. The molecule has 0 aliphatic rings. The Morgan fingerprint density at radius 3 is 2.40 bits per heavy atom. The summed E-state index contributed by atoms with van der Waals surface area (Å²) in [5.74, 6) is 0.572. The molecule has 0 aliphatic heterocycles. The third-order valence-electron chi connectivity index (χ3n) is 3.36. The molecule has 1 aromatic heterocycles. The molecular weight excluding hydrogens is 340 g/mol. The molecular formula is C17H16N4O3S. The summed E-state index contributed by atoms with van der Waals surface area (Å²) in [6.45, 7) is 3.88. The maximum atomic E-state index is 11.4. The summed E-state index contributed by atoms with van der Waals surface area (Å²) >= 11 is 0. The molecule has 8 heteroatoms. The molecule has 2 N–H and O–H groups in total. The standard InChI is InChI=1S/C17H16N4O3S/c1-2-12-24-17-19-16(13-6-4-3-5-7-13)21(20-17)14-8-10-15(11-9-14)25(18,22)23/h2-11H,1,12H2,(H2,18,22,23). The molecule has 1 heterocycles. The minimum Gasteiger partial charge on any atom is -0.458 e. The van der Waals surface area contributed by atoms with E-state index in [9.17, 15) is 8.42 Å². The van der Waals surface area contributed by atoms with Gasteiger partial charge in [-0.1, -0.05) is 43.0 Å². The van der Waals surface area contributed by atoms with Crippen molar-refractivity contribution < 1.29 is 13.2 Å². The summed E-state index contributed by atoms with van der Waals surface area (Å²) in [7, 11) is -3.75. The van der Waals surface area contributed by atoms with Crippen LogP contribution >= 0.6 is 0 Å². The van der Waals surface area contributed by atoms with Crippen LogP contribution < -0.4 is 9.88 Å². The van der Waals surface area contributed by atoms with E-state index < -0.39 is 10.0 Å². The van der Waals surface area contributed by atoms with Gasteiger partial charge in [-0.25, -0.2) is 18.2 Å². The lowest BCUT2D eigenvalue weighted by Crippen LogP contribution is -2.12. The number of hydrogen-bond donors (Lipinski definition) is 1. The lowest BCUT2D eigenvalue weighted by atomic mass is 10.2. The second kappa shape index (κ2) is 6.88. The molecule has 7 nitrogen and oxygen atoms in total. The summed E-state index contributed by atoms with van der Waals surface area (Å²) in [5, 5.41) is 9.47. The van der Waals surface area contributed by atoms with E-state index in [-0.39, 0.29) is 17.5 Å². The predicted molar refractivity (Wildman–Crippen MR) is 93.9 cm³/mol. The fourth-order valence-corrected chi connectivity index (χ4v) is 2.73. The first-order valence-corrected chi connectivity index (χ1v) is 8.93. The van der Waals surface area contributed by atoms with E-state index in [1.54, 1.807) is 22.9 Å². The number of sulfonamides is 1. The van der Waals surface area contributed by atoms with Gasteiger partial charge in [0.1, 0.15) is 6.61 Å². The van der Waals surface area contributed by atoms with Crippen LogP contribution in [0.3, 0.4) is 0 Å². The van der Waals surface area contributed by atoms with Gasteiger partial charge in [-0.15, -0.1) is 5.10 Å². The third kappa shape index (κ3) is 3.76. The van der Waals surface area contributed by atoms with Crippen molar-refractivity contribution in [2.75, 3.05) is 6.61 Å². The van der Waals surface area contributed by atoms with Gasteiger partial charge < -0.3 is 4.74 Å². The number of hydrogen-bond acceptors (Lipinski definition) is 5. The number of rotatable bonds is 6. The molecule has 0 saturated carbocycles. The minimum absolute atomic E-state index is 0.0285. The fraction of sp³-hybridized carbons (Fsp3) is 0.0588. The average Bonchev–Trinajstić information content (AvgIpc) is 3.04. The SMILES string of the molecule is C=CCOc1nc(-c2ccccc2)n(-c2ccc(S(N)(=O)=O)cc2)n1. The Morgan fingerprint density at radius 2 is 1.80 bits per heavy atom. The molecule has 0 radical (unpaired) electrons. The third-order valence-corrected chi connectivity index (χ3v) is 4.29. The first-order chi connectivity index (χ1) is 12.0. The van der Waals surface area contributed by atoms with Gasteiger partial charge in [0, 0.05) is 5.56 Å². The Bertz CT molecular complexity index is 980. The number of primary sulfonamides is 1. The highest BCUT2D eigenvalue weighted by atomic mass is 32.2. The van der Waals surface area contributed by atoms with Crippen LogP contribution in [0.1, 0.15) is 0 Å². The molecule has 0 unspecified atom stereocenters. The van der Waals surface area contributed by atoms with E-state index >= 15 is 0 Å². The maximum Gasteiger partial charge on any atom is 0.336 e. The molecule has 0 fully saturated rings. The first-order valence-electron chi connectivity index (χ1n) is 7.38. The van der Waals surface area contributed by atoms with Gasteiger partial charge in [-0.2, -0.15) is 4.98 Å². The normalized spacial score (nSPS) is 11.2. The Balaban J connectivity index is 2.07. The monoisotopic (exact) mass is 356 g/mol. The fourth-order valence-electron chi connectivity index (χ4n) is 2.22. The lowest BCUT2D eigenvalue weighted by Gasteiger charge is -2.06. The molecule has 0 atom stereocenters. The quantitative estimate of drug-likeness (QED) is 0.682. The van der Waals surface area contributed by atoms with Gasteiger partial charge in [0.25, 0.3) is 0 Å². The van der Waals surface area contributed by atoms with Crippen molar-refractivity contribution in [3.05, 3.63) is 67.3 Å². The van der Waals surface area contributed by atoms with Crippen LogP contribution in [0.4, 0.5) is 0 Å². The molecule has 0 saturated heterocycles. The lowest BCUT2D eigenvalue weighted by molar-refractivity contribution is 0.333. The van der Waals surface area contributed by atoms with Gasteiger partial charge in [0.15, 0.2) is 5.82 Å². The van der Waals surface area contributed by atoms with Gasteiger partial charge in [0.2, 0.25) is 10.0 Å². The van der Waals surface area contributed by atoms with Gasteiger partial charge >= 0.3 is 6.01 Å². The largest absolute Gasteiger partial charge is 0.458 e. The number of aromatic nitrogens is 3. The minimum atomic E-state index is -3.75. The summed E-state index contributed by atoms with van der Waals surface area (Å²) in [4.78, 5) is 4.43. The van der Waals surface area contributed by atoms with E-state index in [1.807, 2.05) is 30.3 Å². The highest BCUT2D eigenvalue weighted by Crippen LogP contribution is 2.24. The Kier molecular flexibility index (Phi) is 4.64. The molecule has 0 spiro atoms. The predicted octanol–water partition coefficient (Wildman–Crippen LogP) is 2.15. The summed E-state index contributed by atoms with van der Waals surface area (Å²) in [6, 6.07) is 15.8. The molecule has 3 aromatic rings. The first kappa shape index (κ1) is 16.9. The van der Waals surface area contributed by atoms with Crippen LogP contribution in [0.25, 0.3) is 17.1 Å². The van der Waals surface area contributed by atoms with Crippen molar-refractivity contribution in [2.24, 2.45) is 5.14 Å². The molecule has 128 valence electrons. The Labute approximate surface area is 145 Å². The van der Waals surface area contributed by atoms with Gasteiger partial charge in [-0.05, 0) is 24.3 Å². The number of benzene rings is 2. The topological polar surface area (TPSA) is 100 Å². The van der Waals surface area contributed by atoms with Crippen LogP contribution in [0.2, 0.25) is 0 Å². The van der Waals surface area contributed by atoms with Crippen molar-refractivity contribution in [1.29, 1.82) is 0 Å². The zero-order valence-electron chi connectivity index (χ0n) is 13.2. The van der Waals surface area contributed by atoms with Gasteiger partial charge in [-0.3, -0.25) is 0 Å². The highest BCUT2D eigenvalue weighted by Gasteiger charge is 2.15. The van der Waals surface area contributed by atoms with Crippen LogP contribution in [-0.4, -0.2) is 29.8 Å². The number of ether oxygens (including phenoxy) is 1. The number of nitrogens with two attached hydrogens (primary N) is 1. The van der Waals surface area contributed by atoms with Crippen LogP contribution in [0, 0.1) is 0 Å². The van der Waals surface area contributed by atoms with Crippen molar-refractivity contribution >= 4 is 10.0 Å². The highest BCUT2D eigenvalue weighted by molar-refractivity contribution is 7.89. The Morgan fingerprint density at radius 1 is 1.12 bits per heavy atom. The summed E-state index contributed by atoms with van der Waals surface area (Å²) in [5.41, 5.74) is 1.48. The average molecular weight is 356 g/mol. The second-order valence-corrected chi connectivity index (χ2v) is 6.70. The summed E-state index contributed by atoms with van der Waals surface area (Å²) in [6.07, 6.45) is 1.60. The van der Waals surface area contributed by atoms with Crippen LogP contribution in [0.15, 0.2) is 72.1 Å². The zero-order valence-corrected chi connectivity index (χ0v) is 14.1. The molecule has 2 aromatic carbocycles. The summed E-state index contributed by atoms with van der Waals surface area (Å²) < 4.78 is 29.8.